The maximum Gasteiger partial charge on any atom is 0.238 e. The molecule has 0 aliphatic carbocycles. The molecule has 0 saturated carbocycles. The number of rotatable bonds is 4. The van der Waals surface area contributed by atoms with E-state index < -0.39 is 0 Å². The fourth-order valence-electron chi connectivity index (χ4n) is 3.48. The number of hydrogen-bond donors (Lipinski definition) is 2. The number of hydrogen-bond acceptors (Lipinski definition) is 3. The van der Waals surface area contributed by atoms with Gasteiger partial charge in [0.2, 0.25) is 5.91 Å². The van der Waals surface area contributed by atoms with Crippen molar-refractivity contribution in [3.8, 4) is 0 Å². The van der Waals surface area contributed by atoms with E-state index in [-0.39, 0.29) is 18.3 Å². The standard InChI is InChI=1S/C16H22ClN3O.ClH/c1-20(15-8-13-6-7-14(9-15)18-13)10-16(21)19-12-4-2-11(17)3-5-12;/h2-5,13-15,18H,6-10H2,1H3,(H,19,21);1H. The van der Waals surface area contributed by atoms with E-state index in [0.717, 1.165) is 18.5 Å². The predicted octanol–water partition coefficient (Wildman–Crippen LogP) is 2.92. The summed E-state index contributed by atoms with van der Waals surface area (Å²) in [6, 6.07) is 9.03. The summed E-state index contributed by atoms with van der Waals surface area (Å²) in [7, 11) is 2.05. The SMILES string of the molecule is CN(CC(=O)Nc1ccc(Cl)cc1)C1CC2CCC(C1)N2.Cl. The number of benzene rings is 1. The van der Waals surface area contributed by atoms with Gasteiger partial charge in [0.05, 0.1) is 6.54 Å². The van der Waals surface area contributed by atoms with Crippen LogP contribution < -0.4 is 10.6 Å². The molecule has 3 rings (SSSR count). The van der Waals surface area contributed by atoms with Gasteiger partial charge >= 0.3 is 0 Å². The third-order valence-electron chi connectivity index (χ3n) is 4.59. The van der Waals surface area contributed by atoms with Gasteiger partial charge in [0.15, 0.2) is 0 Å². The molecule has 122 valence electrons. The van der Waals surface area contributed by atoms with Gasteiger partial charge in [-0.05, 0) is 57.0 Å². The molecule has 2 aliphatic heterocycles. The van der Waals surface area contributed by atoms with Crippen LogP contribution >= 0.6 is 24.0 Å². The van der Waals surface area contributed by atoms with Crippen LogP contribution in [-0.4, -0.2) is 42.5 Å². The fraction of sp³-hybridized carbons (Fsp3) is 0.562. The summed E-state index contributed by atoms with van der Waals surface area (Å²) in [4.78, 5) is 14.3. The topological polar surface area (TPSA) is 44.4 Å². The van der Waals surface area contributed by atoms with Crippen molar-refractivity contribution in [3.05, 3.63) is 29.3 Å². The number of anilines is 1. The van der Waals surface area contributed by atoms with Crippen molar-refractivity contribution in [2.75, 3.05) is 18.9 Å². The normalized spacial score (nSPS) is 26.6. The number of carbonyl (C=O) groups is 1. The monoisotopic (exact) mass is 343 g/mol. The van der Waals surface area contributed by atoms with Gasteiger partial charge in [0.1, 0.15) is 0 Å². The van der Waals surface area contributed by atoms with Crippen molar-refractivity contribution < 1.29 is 4.79 Å². The minimum atomic E-state index is 0. The van der Waals surface area contributed by atoms with E-state index in [2.05, 4.69) is 22.6 Å². The molecule has 2 atom stereocenters. The molecule has 1 aromatic rings. The second-order valence-corrected chi connectivity index (χ2v) is 6.67. The Kier molecular flexibility index (Phi) is 6.09. The molecule has 2 aliphatic rings. The summed E-state index contributed by atoms with van der Waals surface area (Å²) in [6.45, 7) is 0.437. The van der Waals surface area contributed by atoms with Crippen molar-refractivity contribution in [1.82, 2.24) is 10.2 Å². The third-order valence-corrected chi connectivity index (χ3v) is 4.84. The number of fused-ring (bicyclic) bond motifs is 2. The maximum atomic E-state index is 12.1. The molecular weight excluding hydrogens is 321 g/mol. The van der Waals surface area contributed by atoms with Gasteiger partial charge in [0, 0.05) is 28.8 Å². The van der Waals surface area contributed by atoms with Crippen LogP contribution in [0.5, 0.6) is 0 Å². The van der Waals surface area contributed by atoms with E-state index in [1.54, 1.807) is 12.1 Å². The summed E-state index contributed by atoms with van der Waals surface area (Å²) in [5.74, 6) is 0.0331. The highest BCUT2D eigenvalue weighted by molar-refractivity contribution is 6.30. The molecular formula is C16H23Cl2N3O. The Morgan fingerprint density at radius 2 is 1.86 bits per heavy atom. The van der Waals surface area contributed by atoms with E-state index in [9.17, 15) is 4.79 Å². The van der Waals surface area contributed by atoms with Gasteiger partial charge in [-0.1, -0.05) is 11.6 Å². The molecule has 0 aromatic heterocycles. The minimum Gasteiger partial charge on any atom is -0.325 e. The zero-order valence-corrected chi connectivity index (χ0v) is 14.3. The lowest BCUT2D eigenvalue weighted by molar-refractivity contribution is -0.117. The Bertz CT molecular complexity index is 497. The number of halogens is 2. The van der Waals surface area contributed by atoms with Gasteiger partial charge in [-0.3, -0.25) is 9.69 Å². The highest BCUT2D eigenvalue weighted by Gasteiger charge is 2.35. The van der Waals surface area contributed by atoms with Gasteiger partial charge < -0.3 is 10.6 Å². The first-order chi connectivity index (χ1) is 10.1. The lowest BCUT2D eigenvalue weighted by atomic mass is 9.98. The molecule has 2 saturated heterocycles. The Hall–Kier alpha value is -0.810. The maximum absolute atomic E-state index is 12.1. The first kappa shape index (κ1) is 17.5. The van der Waals surface area contributed by atoms with E-state index in [4.69, 9.17) is 11.6 Å². The summed E-state index contributed by atoms with van der Waals surface area (Å²) in [5.41, 5.74) is 0.795. The quantitative estimate of drug-likeness (QED) is 0.883. The summed E-state index contributed by atoms with van der Waals surface area (Å²) < 4.78 is 0. The Labute approximate surface area is 143 Å². The molecule has 1 amide bonds. The molecule has 0 radical (unpaired) electrons. The highest BCUT2D eigenvalue weighted by Crippen LogP contribution is 2.29. The van der Waals surface area contributed by atoms with Crippen molar-refractivity contribution in [2.24, 2.45) is 0 Å². The van der Waals surface area contributed by atoms with Crippen LogP contribution in [0.3, 0.4) is 0 Å². The molecule has 2 bridgehead atoms. The smallest absolute Gasteiger partial charge is 0.238 e. The first-order valence-electron chi connectivity index (χ1n) is 7.62. The van der Waals surface area contributed by atoms with Crippen LogP contribution in [0, 0.1) is 0 Å². The van der Waals surface area contributed by atoms with Crippen molar-refractivity contribution in [2.45, 2.75) is 43.8 Å². The number of nitrogens with zero attached hydrogens (tertiary/aromatic N) is 1. The zero-order valence-electron chi connectivity index (χ0n) is 12.7. The van der Waals surface area contributed by atoms with Gasteiger partial charge in [-0.25, -0.2) is 0 Å². The van der Waals surface area contributed by atoms with E-state index in [1.165, 1.54) is 12.8 Å². The minimum absolute atomic E-state index is 0. The van der Waals surface area contributed by atoms with Crippen LogP contribution in [0.25, 0.3) is 0 Å². The van der Waals surface area contributed by atoms with Crippen LogP contribution in [0.4, 0.5) is 5.69 Å². The van der Waals surface area contributed by atoms with Crippen molar-refractivity contribution in [3.63, 3.8) is 0 Å². The third kappa shape index (κ3) is 4.35. The second kappa shape index (κ2) is 7.64. The highest BCUT2D eigenvalue weighted by atomic mass is 35.5. The van der Waals surface area contributed by atoms with Gasteiger partial charge in [-0.2, -0.15) is 0 Å². The van der Waals surface area contributed by atoms with Gasteiger partial charge in [0.25, 0.3) is 0 Å². The fourth-order valence-corrected chi connectivity index (χ4v) is 3.60. The Balaban J connectivity index is 0.00000176. The molecule has 2 unspecified atom stereocenters. The lowest BCUT2D eigenvalue weighted by Gasteiger charge is -2.35. The molecule has 4 nitrogen and oxygen atoms in total. The molecule has 2 fully saturated rings. The van der Waals surface area contributed by atoms with E-state index >= 15 is 0 Å². The number of carbonyl (C=O) groups excluding carboxylic acids is 1. The van der Waals surface area contributed by atoms with Crippen LogP contribution in [0.2, 0.25) is 5.02 Å². The molecule has 2 N–H and O–H groups in total. The molecule has 1 aromatic carbocycles. The number of amides is 1. The van der Waals surface area contributed by atoms with Crippen molar-refractivity contribution in [1.29, 1.82) is 0 Å². The summed E-state index contributed by atoms with van der Waals surface area (Å²) >= 11 is 5.84. The number of nitrogens with one attached hydrogen (secondary N) is 2. The summed E-state index contributed by atoms with van der Waals surface area (Å²) in [5, 5.41) is 7.23. The average molecular weight is 344 g/mol. The molecule has 2 heterocycles. The van der Waals surface area contributed by atoms with Gasteiger partial charge in [-0.15, -0.1) is 12.4 Å². The Morgan fingerprint density at radius 1 is 1.27 bits per heavy atom. The summed E-state index contributed by atoms with van der Waals surface area (Å²) in [6.07, 6.45) is 4.88. The number of likely N-dealkylation sites (N-methyl/N-ethyl adjacent to an activating group) is 1. The van der Waals surface area contributed by atoms with Crippen LogP contribution in [-0.2, 0) is 4.79 Å². The lowest BCUT2D eigenvalue weighted by Crippen LogP contribution is -2.48. The Morgan fingerprint density at radius 3 is 2.45 bits per heavy atom. The molecule has 0 spiro atoms. The zero-order chi connectivity index (χ0) is 14.8. The largest absolute Gasteiger partial charge is 0.325 e. The second-order valence-electron chi connectivity index (χ2n) is 6.23. The molecule has 22 heavy (non-hydrogen) atoms. The average Bonchev–Trinajstić information content (AvgIpc) is 2.80. The van der Waals surface area contributed by atoms with E-state index in [1.807, 2.05) is 12.1 Å². The van der Waals surface area contributed by atoms with Crippen LogP contribution in [0.15, 0.2) is 24.3 Å². The predicted molar refractivity (Wildman–Crippen MR) is 92.9 cm³/mol. The van der Waals surface area contributed by atoms with E-state index in [0.29, 0.717) is 29.7 Å². The molecule has 6 heteroatoms. The van der Waals surface area contributed by atoms with Crippen LogP contribution in [0.1, 0.15) is 25.7 Å². The first-order valence-corrected chi connectivity index (χ1v) is 7.99. The number of piperidine rings is 1. The van der Waals surface area contributed by atoms with Crippen molar-refractivity contribution >= 4 is 35.6 Å².